The average Bonchev–Trinajstić information content (AvgIpc) is 3.42. The predicted octanol–water partition coefficient (Wildman–Crippen LogP) is 2.43. The number of nitrogens with zero attached hydrogens (tertiary/aromatic N) is 6. The lowest BCUT2D eigenvalue weighted by Gasteiger charge is -2.32. The lowest BCUT2D eigenvalue weighted by molar-refractivity contribution is -0.125. The first-order chi connectivity index (χ1) is 14.8. The lowest BCUT2D eigenvalue weighted by atomic mass is 9.96. The summed E-state index contributed by atoms with van der Waals surface area (Å²) in [5.41, 5.74) is 2.07. The van der Waals surface area contributed by atoms with Gasteiger partial charge in [-0.3, -0.25) is 4.79 Å². The first-order valence-corrected chi connectivity index (χ1v) is 11.7. The normalized spacial score (nSPS) is 17.3. The third kappa shape index (κ3) is 4.16. The number of hydrogen-bond acceptors (Lipinski definition) is 7. The second-order valence-electron chi connectivity index (χ2n) is 8.17. The number of fused-ring (bicyclic) bond motifs is 2. The van der Waals surface area contributed by atoms with Crippen LogP contribution < -0.4 is 10.2 Å². The Hall–Kier alpha value is -2.55. The van der Waals surface area contributed by atoms with Gasteiger partial charge in [0.05, 0.1) is 10.7 Å². The summed E-state index contributed by atoms with van der Waals surface area (Å²) in [7, 11) is 0. The highest BCUT2D eigenvalue weighted by molar-refractivity contribution is 7.11. The second-order valence-corrected chi connectivity index (χ2v) is 9.33. The summed E-state index contributed by atoms with van der Waals surface area (Å²) in [5.74, 6) is 1.19. The van der Waals surface area contributed by atoms with Crippen molar-refractivity contribution in [2.45, 2.75) is 51.4 Å². The highest BCUT2D eigenvalue weighted by atomic mass is 32.1. The third-order valence-corrected chi connectivity index (χ3v) is 7.31. The molecule has 0 atom stereocenters. The third-order valence-electron chi connectivity index (χ3n) is 6.09. The smallest absolute Gasteiger partial charge is 0.223 e. The maximum atomic E-state index is 12.6. The van der Waals surface area contributed by atoms with Crippen molar-refractivity contribution in [1.82, 2.24) is 30.1 Å². The van der Waals surface area contributed by atoms with Crippen LogP contribution in [0, 0.1) is 5.92 Å². The van der Waals surface area contributed by atoms with Gasteiger partial charge in [-0.05, 0) is 57.1 Å². The Morgan fingerprint density at radius 1 is 1.20 bits per heavy atom. The minimum atomic E-state index is 0.0899. The maximum absolute atomic E-state index is 12.6. The van der Waals surface area contributed by atoms with Crippen LogP contribution in [-0.4, -0.2) is 50.3 Å². The molecular formula is C21H27N7OS. The van der Waals surface area contributed by atoms with Crippen molar-refractivity contribution >= 4 is 28.7 Å². The summed E-state index contributed by atoms with van der Waals surface area (Å²) in [6, 6.07) is 3.90. The van der Waals surface area contributed by atoms with E-state index >= 15 is 0 Å². The molecular weight excluding hydrogens is 398 g/mol. The average molecular weight is 426 g/mol. The van der Waals surface area contributed by atoms with E-state index in [1.807, 2.05) is 23.5 Å². The van der Waals surface area contributed by atoms with Crippen LogP contribution in [-0.2, 0) is 24.1 Å². The molecule has 0 radical (unpaired) electrons. The van der Waals surface area contributed by atoms with E-state index in [1.54, 1.807) is 10.8 Å². The van der Waals surface area contributed by atoms with Crippen LogP contribution in [0.25, 0.3) is 5.65 Å². The van der Waals surface area contributed by atoms with Crippen molar-refractivity contribution in [2.24, 2.45) is 5.92 Å². The van der Waals surface area contributed by atoms with Gasteiger partial charge in [-0.2, -0.15) is 4.52 Å². The summed E-state index contributed by atoms with van der Waals surface area (Å²) in [6.45, 7) is 2.40. The summed E-state index contributed by atoms with van der Waals surface area (Å²) in [5, 5.41) is 16.8. The van der Waals surface area contributed by atoms with Crippen LogP contribution in [0.4, 0.5) is 5.82 Å². The molecule has 0 unspecified atom stereocenters. The Labute approximate surface area is 179 Å². The zero-order valence-corrected chi connectivity index (χ0v) is 17.9. The van der Waals surface area contributed by atoms with Crippen molar-refractivity contribution < 1.29 is 4.79 Å². The first kappa shape index (κ1) is 19.4. The fraction of sp³-hybridized carbons (Fsp3) is 0.571. The maximum Gasteiger partial charge on any atom is 0.223 e. The Morgan fingerprint density at radius 3 is 2.93 bits per heavy atom. The van der Waals surface area contributed by atoms with Crippen molar-refractivity contribution in [2.75, 3.05) is 24.5 Å². The molecule has 1 saturated heterocycles. The van der Waals surface area contributed by atoms with E-state index in [-0.39, 0.29) is 11.8 Å². The van der Waals surface area contributed by atoms with Gasteiger partial charge in [-0.1, -0.05) is 0 Å². The topological polar surface area (TPSA) is 88.3 Å². The molecule has 0 saturated carbocycles. The molecule has 0 bridgehead atoms. The molecule has 30 heavy (non-hydrogen) atoms. The summed E-state index contributed by atoms with van der Waals surface area (Å²) >= 11 is 1.88. The van der Waals surface area contributed by atoms with Gasteiger partial charge in [-0.25, -0.2) is 4.98 Å². The highest BCUT2D eigenvalue weighted by Gasteiger charge is 2.25. The quantitative estimate of drug-likeness (QED) is 0.610. The van der Waals surface area contributed by atoms with Gasteiger partial charge in [0, 0.05) is 36.9 Å². The number of carbonyl (C=O) groups excluding carboxylic acids is 1. The number of nitrogens with one attached hydrogen (secondary N) is 1. The molecule has 3 aromatic rings. The van der Waals surface area contributed by atoms with Gasteiger partial charge >= 0.3 is 0 Å². The standard InChI is InChI=1S/C21H27N7OS/c29-21(22-11-3-6-20-24-16-4-1-2-5-17(16)30-20)15-9-12-27(13-10-15)19-8-7-18-25-23-14-28(18)26-19/h7-8,14-15H,1-6,9-13H2,(H,22,29). The number of thiazole rings is 1. The highest BCUT2D eigenvalue weighted by Crippen LogP contribution is 2.27. The van der Waals surface area contributed by atoms with Crippen LogP contribution in [0.2, 0.25) is 0 Å². The molecule has 8 nitrogen and oxygen atoms in total. The molecule has 1 N–H and O–H groups in total. The molecule has 0 spiro atoms. The van der Waals surface area contributed by atoms with Gasteiger partial charge in [0.1, 0.15) is 12.1 Å². The van der Waals surface area contributed by atoms with Crippen LogP contribution in [0.3, 0.4) is 0 Å². The summed E-state index contributed by atoms with van der Waals surface area (Å²) < 4.78 is 1.69. The van der Waals surface area contributed by atoms with Crippen LogP contribution in [0.5, 0.6) is 0 Å². The van der Waals surface area contributed by atoms with E-state index in [9.17, 15) is 4.79 Å². The molecule has 5 rings (SSSR count). The predicted molar refractivity (Wildman–Crippen MR) is 116 cm³/mol. The number of rotatable bonds is 6. The molecule has 1 aliphatic carbocycles. The molecule has 4 heterocycles. The number of piperidine rings is 1. The lowest BCUT2D eigenvalue weighted by Crippen LogP contribution is -2.41. The van der Waals surface area contributed by atoms with Gasteiger partial charge in [0.15, 0.2) is 5.65 Å². The number of carbonyl (C=O) groups is 1. The zero-order chi connectivity index (χ0) is 20.3. The summed E-state index contributed by atoms with van der Waals surface area (Å²) in [6.07, 6.45) is 10.2. The van der Waals surface area contributed by atoms with E-state index in [2.05, 4.69) is 25.5 Å². The van der Waals surface area contributed by atoms with Gasteiger partial charge in [-0.15, -0.1) is 26.6 Å². The first-order valence-electron chi connectivity index (χ1n) is 10.9. The molecule has 3 aromatic heterocycles. The number of anilines is 1. The largest absolute Gasteiger partial charge is 0.356 e. The van der Waals surface area contributed by atoms with Crippen molar-refractivity contribution in [3.63, 3.8) is 0 Å². The molecule has 9 heteroatoms. The Bertz CT molecular complexity index is 998. The molecule has 2 aliphatic rings. The molecule has 158 valence electrons. The fourth-order valence-corrected chi connectivity index (χ4v) is 5.56. The van der Waals surface area contributed by atoms with Crippen LogP contribution >= 0.6 is 11.3 Å². The van der Waals surface area contributed by atoms with Crippen LogP contribution in [0.15, 0.2) is 18.5 Å². The van der Waals surface area contributed by atoms with E-state index in [1.165, 1.54) is 34.8 Å². The van der Waals surface area contributed by atoms with E-state index in [4.69, 9.17) is 4.98 Å². The van der Waals surface area contributed by atoms with Crippen molar-refractivity contribution in [3.8, 4) is 0 Å². The second kappa shape index (κ2) is 8.67. The van der Waals surface area contributed by atoms with Gasteiger partial charge in [0.2, 0.25) is 5.91 Å². The molecule has 1 amide bonds. The number of amides is 1. The SMILES string of the molecule is O=C(NCCCc1nc2c(s1)CCCC2)C1CCN(c2ccc3nncn3n2)CC1. The number of aryl methyl sites for hydroxylation is 3. The Balaban J connectivity index is 1.05. The number of hydrogen-bond donors (Lipinski definition) is 1. The van der Waals surface area contributed by atoms with E-state index < -0.39 is 0 Å². The van der Waals surface area contributed by atoms with Gasteiger partial charge in [0.25, 0.3) is 0 Å². The van der Waals surface area contributed by atoms with Crippen molar-refractivity contribution in [3.05, 3.63) is 34.0 Å². The monoisotopic (exact) mass is 425 g/mol. The zero-order valence-electron chi connectivity index (χ0n) is 17.1. The Morgan fingerprint density at radius 2 is 2.07 bits per heavy atom. The van der Waals surface area contributed by atoms with Crippen LogP contribution in [0.1, 0.15) is 47.7 Å². The molecule has 1 fully saturated rings. The molecule has 0 aromatic carbocycles. The van der Waals surface area contributed by atoms with Crippen molar-refractivity contribution in [1.29, 1.82) is 0 Å². The van der Waals surface area contributed by atoms with Gasteiger partial charge < -0.3 is 10.2 Å². The Kier molecular flexibility index (Phi) is 5.61. The summed E-state index contributed by atoms with van der Waals surface area (Å²) in [4.78, 5) is 21.1. The molecule has 1 aliphatic heterocycles. The van der Waals surface area contributed by atoms with E-state index in [0.717, 1.165) is 63.2 Å². The minimum absolute atomic E-state index is 0.0899. The minimum Gasteiger partial charge on any atom is -0.356 e. The fourth-order valence-electron chi connectivity index (χ4n) is 4.37. The van der Waals surface area contributed by atoms with E-state index in [0.29, 0.717) is 0 Å². The number of aromatic nitrogens is 5.